The fourth-order valence-corrected chi connectivity index (χ4v) is 4.79. The molecule has 0 atom stereocenters. The van der Waals surface area contributed by atoms with Crippen LogP contribution in [0.5, 0.6) is 0 Å². The molecule has 1 saturated carbocycles. The Labute approximate surface area is 173 Å². The van der Waals surface area contributed by atoms with Gasteiger partial charge in [0.05, 0.1) is 16.1 Å². The van der Waals surface area contributed by atoms with E-state index < -0.39 is 33.4 Å². The third-order valence-corrected chi connectivity index (χ3v) is 6.54. The van der Waals surface area contributed by atoms with Gasteiger partial charge in [-0.1, -0.05) is 31.4 Å². The summed E-state index contributed by atoms with van der Waals surface area (Å²) in [6, 6.07) is 9.20. The first-order valence-corrected chi connectivity index (χ1v) is 11.2. The van der Waals surface area contributed by atoms with E-state index in [2.05, 4.69) is 5.32 Å². The average molecular weight is 440 g/mol. The summed E-state index contributed by atoms with van der Waals surface area (Å²) in [7, 11) is -4.22. The van der Waals surface area contributed by atoms with Crippen molar-refractivity contribution in [3.05, 3.63) is 53.6 Å². The fourth-order valence-electron chi connectivity index (χ4n) is 3.71. The van der Waals surface area contributed by atoms with Crippen LogP contribution in [0.3, 0.4) is 0 Å². The molecule has 0 bridgehead atoms. The first-order chi connectivity index (χ1) is 14.1. The summed E-state index contributed by atoms with van der Waals surface area (Å²) in [4.78, 5) is 11.0. The highest BCUT2D eigenvalue weighted by atomic mass is 32.2. The molecule has 0 unspecified atom stereocenters. The normalized spacial score (nSPS) is 15.6. The van der Waals surface area contributed by atoms with Gasteiger partial charge in [-0.3, -0.25) is 9.52 Å². The molecule has 1 amide bonds. The van der Waals surface area contributed by atoms with E-state index in [9.17, 15) is 26.4 Å². The second-order valence-corrected chi connectivity index (χ2v) is 9.13. The predicted molar refractivity (Wildman–Crippen MR) is 109 cm³/mol. The molecule has 2 N–H and O–H groups in total. The van der Waals surface area contributed by atoms with E-state index in [1.165, 1.54) is 31.5 Å². The Morgan fingerprint density at radius 1 is 1.00 bits per heavy atom. The molecule has 0 spiro atoms. The molecule has 0 saturated heterocycles. The number of rotatable bonds is 5. The Bertz CT molecular complexity index is 1010. The maximum Gasteiger partial charge on any atom is 0.418 e. The van der Waals surface area contributed by atoms with Crippen LogP contribution in [0.2, 0.25) is 0 Å². The summed E-state index contributed by atoms with van der Waals surface area (Å²) < 4.78 is 67.8. The van der Waals surface area contributed by atoms with Crippen LogP contribution in [0.4, 0.5) is 24.5 Å². The lowest BCUT2D eigenvalue weighted by Gasteiger charge is -2.22. The van der Waals surface area contributed by atoms with Crippen LogP contribution in [0.15, 0.2) is 47.4 Å². The minimum Gasteiger partial charge on any atom is -0.326 e. The van der Waals surface area contributed by atoms with Crippen LogP contribution in [-0.2, 0) is 21.0 Å². The molecule has 1 aliphatic carbocycles. The highest BCUT2D eigenvalue weighted by molar-refractivity contribution is 7.92. The van der Waals surface area contributed by atoms with Gasteiger partial charge >= 0.3 is 6.18 Å². The van der Waals surface area contributed by atoms with E-state index in [4.69, 9.17) is 0 Å². The summed E-state index contributed by atoms with van der Waals surface area (Å²) in [6.07, 6.45) is 0.786. The topological polar surface area (TPSA) is 75.3 Å². The standard InChI is InChI=1S/C21H23F3N2O3S/c1-14(27)25-17-9-12-20(19(13-17)21(22,23)24)26-30(28,29)18-10-7-16(8-11-18)15-5-3-2-4-6-15/h7-13,15,26H,2-6H2,1H3,(H,25,27). The molecule has 0 aromatic heterocycles. The van der Waals surface area contributed by atoms with Gasteiger partial charge in [-0.05, 0) is 54.7 Å². The van der Waals surface area contributed by atoms with Gasteiger partial charge < -0.3 is 5.32 Å². The second-order valence-electron chi connectivity index (χ2n) is 7.45. The monoisotopic (exact) mass is 440 g/mol. The Morgan fingerprint density at radius 2 is 1.63 bits per heavy atom. The first-order valence-electron chi connectivity index (χ1n) is 9.68. The molecular weight excluding hydrogens is 417 g/mol. The molecular formula is C21H23F3N2O3S. The molecule has 2 aromatic rings. The van der Waals surface area contributed by atoms with Crippen LogP contribution in [0.25, 0.3) is 0 Å². The minimum absolute atomic E-state index is 0.0744. The van der Waals surface area contributed by atoms with E-state index in [0.29, 0.717) is 12.0 Å². The first kappa shape index (κ1) is 22.1. The molecule has 0 aliphatic heterocycles. The smallest absolute Gasteiger partial charge is 0.326 e. The van der Waals surface area contributed by atoms with Crippen LogP contribution >= 0.6 is 0 Å². The van der Waals surface area contributed by atoms with Crippen molar-refractivity contribution in [3.63, 3.8) is 0 Å². The molecule has 1 fully saturated rings. The summed E-state index contributed by atoms with van der Waals surface area (Å²) in [5.74, 6) is -0.142. The van der Waals surface area contributed by atoms with Crippen molar-refractivity contribution in [1.29, 1.82) is 0 Å². The lowest BCUT2D eigenvalue weighted by Crippen LogP contribution is -2.18. The molecule has 0 heterocycles. The molecule has 1 aliphatic rings. The number of hydrogen-bond acceptors (Lipinski definition) is 3. The largest absolute Gasteiger partial charge is 0.418 e. The van der Waals surface area contributed by atoms with Crippen molar-refractivity contribution >= 4 is 27.3 Å². The molecule has 2 aromatic carbocycles. The third-order valence-electron chi connectivity index (χ3n) is 5.16. The van der Waals surface area contributed by atoms with Crippen LogP contribution in [0.1, 0.15) is 56.1 Å². The zero-order chi connectivity index (χ0) is 21.9. The highest BCUT2D eigenvalue weighted by Gasteiger charge is 2.35. The Balaban J connectivity index is 1.86. The number of carbonyl (C=O) groups excluding carboxylic acids is 1. The molecule has 9 heteroatoms. The summed E-state index contributed by atoms with van der Waals surface area (Å²) in [5, 5.41) is 2.26. The van der Waals surface area contributed by atoms with Gasteiger partial charge in [0.2, 0.25) is 5.91 Å². The number of alkyl halides is 3. The third kappa shape index (κ3) is 5.33. The van der Waals surface area contributed by atoms with Gasteiger partial charge in [-0.2, -0.15) is 13.2 Å². The molecule has 162 valence electrons. The van der Waals surface area contributed by atoms with Crippen LogP contribution in [-0.4, -0.2) is 14.3 Å². The Hall–Kier alpha value is -2.55. The number of halogens is 3. The minimum atomic E-state index is -4.81. The number of nitrogens with one attached hydrogen (secondary N) is 2. The number of amides is 1. The summed E-state index contributed by atoms with van der Waals surface area (Å²) >= 11 is 0. The number of hydrogen-bond donors (Lipinski definition) is 2. The van der Waals surface area contributed by atoms with E-state index in [1.807, 2.05) is 4.72 Å². The summed E-state index contributed by atoms with van der Waals surface area (Å²) in [5.41, 5.74) is -0.817. The van der Waals surface area contributed by atoms with Gasteiger partial charge in [0.15, 0.2) is 0 Å². The van der Waals surface area contributed by atoms with Crippen molar-refractivity contribution < 1.29 is 26.4 Å². The zero-order valence-corrected chi connectivity index (χ0v) is 17.2. The van der Waals surface area contributed by atoms with Crippen molar-refractivity contribution in [2.75, 3.05) is 10.0 Å². The van der Waals surface area contributed by atoms with E-state index >= 15 is 0 Å². The second kappa shape index (κ2) is 8.67. The lowest BCUT2D eigenvalue weighted by molar-refractivity contribution is -0.136. The average Bonchev–Trinajstić information content (AvgIpc) is 2.68. The Kier molecular flexibility index (Phi) is 6.40. The summed E-state index contributed by atoms with van der Waals surface area (Å²) in [6.45, 7) is 1.17. The number of carbonyl (C=O) groups is 1. The zero-order valence-electron chi connectivity index (χ0n) is 16.4. The van der Waals surface area contributed by atoms with Crippen molar-refractivity contribution in [2.24, 2.45) is 0 Å². The quantitative estimate of drug-likeness (QED) is 0.644. The molecule has 0 radical (unpaired) electrons. The molecule has 30 heavy (non-hydrogen) atoms. The highest BCUT2D eigenvalue weighted by Crippen LogP contribution is 2.38. The fraction of sp³-hybridized carbons (Fsp3) is 0.381. The predicted octanol–water partition coefficient (Wildman–Crippen LogP) is 5.51. The van der Waals surface area contributed by atoms with Gasteiger partial charge in [0.25, 0.3) is 10.0 Å². The maximum absolute atomic E-state index is 13.5. The van der Waals surface area contributed by atoms with E-state index in [1.54, 1.807) is 12.1 Å². The van der Waals surface area contributed by atoms with E-state index in [0.717, 1.165) is 37.3 Å². The van der Waals surface area contributed by atoms with E-state index in [-0.39, 0.29) is 10.6 Å². The number of anilines is 2. The Morgan fingerprint density at radius 3 is 2.20 bits per heavy atom. The number of sulfonamides is 1. The van der Waals surface area contributed by atoms with Crippen molar-refractivity contribution in [3.8, 4) is 0 Å². The number of benzene rings is 2. The van der Waals surface area contributed by atoms with Crippen LogP contribution < -0.4 is 10.0 Å². The van der Waals surface area contributed by atoms with Crippen molar-refractivity contribution in [2.45, 2.75) is 56.0 Å². The van der Waals surface area contributed by atoms with Crippen LogP contribution in [0, 0.1) is 0 Å². The van der Waals surface area contributed by atoms with Gasteiger partial charge in [0.1, 0.15) is 0 Å². The van der Waals surface area contributed by atoms with Gasteiger partial charge in [0, 0.05) is 12.6 Å². The van der Waals surface area contributed by atoms with Crippen molar-refractivity contribution in [1.82, 2.24) is 0 Å². The van der Waals surface area contributed by atoms with Gasteiger partial charge in [-0.25, -0.2) is 8.42 Å². The van der Waals surface area contributed by atoms with Gasteiger partial charge in [-0.15, -0.1) is 0 Å². The molecule has 3 rings (SSSR count). The SMILES string of the molecule is CC(=O)Nc1ccc(NS(=O)(=O)c2ccc(C3CCCCC3)cc2)c(C(F)(F)F)c1. The lowest BCUT2D eigenvalue weighted by atomic mass is 9.84. The molecule has 5 nitrogen and oxygen atoms in total. The maximum atomic E-state index is 13.5.